The number of rotatable bonds is 6. The lowest BCUT2D eigenvalue weighted by Gasteiger charge is -2.61. The van der Waals surface area contributed by atoms with Gasteiger partial charge >= 0.3 is 0 Å². The summed E-state index contributed by atoms with van der Waals surface area (Å²) in [5.74, 6) is 6.92. The van der Waals surface area contributed by atoms with Gasteiger partial charge in [0.2, 0.25) is 0 Å². The number of methoxy groups -OCH3 is 1. The Morgan fingerprint density at radius 3 is 2.39 bits per heavy atom. The van der Waals surface area contributed by atoms with E-state index in [1.54, 1.807) is 0 Å². The molecule has 1 heteroatoms. The monoisotopic (exact) mass is 426 g/mol. The van der Waals surface area contributed by atoms with Crippen LogP contribution in [0.25, 0.3) is 0 Å². The zero-order chi connectivity index (χ0) is 22.2. The van der Waals surface area contributed by atoms with Gasteiger partial charge in [0.05, 0.1) is 6.10 Å². The summed E-state index contributed by atoms with van der Waals surface area (Å²) in [4.78, 5) is 0. The molecule has 5 fully saturated rings. The fourth-order valence-corrected chi connectivity index (χ4v) is 10.8. The lowest BCUT2D eigenvalue weighted by molar-refractivity contribution is -0.160. The molecule has 0 bridgehead atoms. The van der Waals surface area contributed by atoms with Gasteiger partial charge in [-0.15, -0.1) is 0 Å². The Labute approximate surface area is 193 Å². The molecule has 31 heavy (non-hydrogen) atoms. The first-order chi connectivity index (χ1) is 14.7. The normalized spacial score (nSPS) is 52.5. The van der Waals surface area contributed by atoms with Crippen LogP contribution in [-0.4, -0.2) is 13.2 Å². The highest BCUT2D eigenvalue weighted by molar-refractivity contribution is 5.26. The number of hydrogen-bond donors (Lipinski definition) is 0. The maximum atomic E-state index is 6.31. The first-order valence-electron chi connectivity index (χ1n) is 13.9. The molecular weight excluding hydrogens is 376 g/mol. The second-order valence-corrected chi connectivity index (χ2v) is 13.5. The average molecular weight is 427 g/mol. The van der Waals surface area contributed by atoms with Crippen molar-refractivity contribution in [2.75, 3.05) is 7.11 Å². The lowest BCUT2D eigenvalue weighted by Crippen LogP contribution is -2.57. The number of fused-ring (bicyclic) bond motifs is 4. The Morgan fingerprint density at radius 2 is 1.74 bits per heavy atom. The average Bonchev–Trinajstić information content (AvgIpc) is 3.24. The molecule has 0 aromatic rings. The van der Waals surface area contributed by atoms with E-state index in [0.29, 0.717) is 22.3 Å². The minimum Gasteiger partial charge on any atom is -0.381 e. The maximum Gasteiger partial charge on any atom is 0.0638 e. The van der Waals surface area contributed by atoms with Gasteiger partial charge in [-0.05, 0) is 116 Å². The standard InChI is InChI=1S/C30H50O/c1-8-21(19(2)3)10-9-20(4)24-11-12-25-23-17-27(31-7)30-18-22(30)13-16-29(30,6)26(23)14-15-28(24,25)5/h9-10,19-27H,8,11-18H2,1-7H3/b10-9+/t20-,21-,22-,23?,24?,25?,26?,27-,28-,29-,30?/m1/s1. The molecule has 0 radical (unpaired) electrons. The summed E-state index contributed by atoms with van der Waals surface area (Å²) in [7, 11) is 2.03. The first-order valence-corrected chi connectivity index (χ1v) is 13.9. The van der Waals surface area contributed by atoms with E-state index in [1.165, 1.54) is 57.8 Å². The largest absolute Gasteiger partial charge is 0.381 e. The maximum absolute atomic E-state index is 6.31. The van der Waals surface area contributed by atoms with Crippen LogP contribution in [0.3, 0.4) is 0 Å². The molecule has 0 aliphatic heterocycles. The molecule has 5 aliphatic rings. The highest BCUT2D eigenvalue weighted by Crippen LogP contribution is 2.82. The lowest BCUT2D eigenvalue weighted by atomic mass is 9.45. The van der Waals surface area contributed by atoms with Gasteiger partial charge < -0.3 is 4.74 Å². The van der Waals surface area contributed by atoms with E-state index in [4.69, 9.17) is 4.74 Å². The van der Waals surface area contributed by atoms with E-state index in [-0.39, 0.29) is 0 Å². The Bertz CT molecular complexity index is 709. The van der Waals surface area contributed by atoms with Gasteiger partial charge in [-0.25, -0.2) is 0 Å². The van der Waals surface area contributed by atoms with Crippen molar-refractivity contribution < 1.29 is 4.74 Å². The Balaban J connectivity index is 1.37. The molecule has 5 aliphatic carbocycles. The summed E-state index contributed by atoms with van der Waals surface area (Å²) in [6.45, 7) is 15.1. The number of hydrogen-bond acceptors (Lipinski definition) is 1. The summed E-state index contributed by atoms with van der Waals surface area (Å²) in [6.07, 6.45) is 18.7. The van der Waals surface area contributed by atoms with E-state index in [0.717, 1.165) is 47.3 Å². The molecule has 1 nitrogen and oxygen atoms in total. The topological polar surface area (TPSA) is 9.23 Å². The number of ether oxygens (including phenoxy) is 1. The minimum atomic E-state index is 0.543. The van der Waals surface area contributed by atoms with Crippen LogP contribution < -0.4 is 0 Å². The van der Waals surface area contributed by atoms with Crippen LogP contribution in [-0.2, 0) is 4.74 Å². The van der Waals surface area contributed by atoms with Crippen LogP contribution in [0.2, 0.25) is 0 Å². The molecule has 5 rings (SSSR count). The molecule has 0 amide bonds. The third kappa shape index (κ3) is 2.96. The molecule has 0 N–H and O–H groups in total. The van der Waals surface area contributed by atoms with Crippen molar-refractivity contribution in [1.82, 2.24) is 0 Å². The summed E-state index contributed by atoms with van der Waals surface area (Å²) in [5, 5.41) is 0. The summed E-state index contributed by atoms with van der Waals surface area (Å²) in [6, 6.07) is 0. The van der Waals surface area contributed by atoms with Crippen molar-refractivity contribution in [1.29, 1.82) is 0 Å². The van der Waals surface area contributed by atoms with Crippen molar-refractivity contribution in [3.63, 3.8) is 0 Å². The van der Waals surface area contributed by atoms with Crippen molar-refractivity contribution in [3.05, 3.63) is 12.2 Å². The SMILES string of the molecule is CC[C@H](/C=C/[C@@H](C)C1CCC2C3C[C@@H](OC)C45C[C@H]4CC[C@]5(C)C3CC[C@@]21C)C(C)C. The predicted octanol–water partition coefficient (Wildman–Crippen LogP) is 8.14. The molecule has 0 aromatic carbocycles. The van der Waals surface area contributed by atoms with Gasteiger partial charge in [0.15, 0.2) is 0 Å². The molecule has 176 valence electrons. The Hall–Kier alpha value is -0.300. The van der Waals surface area contributed by atoms with Gasteiger partial charge in [0.25, 0.3) is 0 Å². The molecule has 5 saturated carbocycles. The van der Waals surface area contributed by atoms with E-state index < -0.39 is 0 Å². The molecule has 0 aromatic heterocycles. The Kier molecular flexibility index (Phi) is 5.52. The van der Waals surface area contributed by atoms with Crippen LogP contribution >= 0.6 is 0 Å². The zero-order valence-corrected chi connectivity index (χ0v) is 21.6. The highest BCUT2D eigenvalue weighted by Gasteiger charge is 2.77. The summed E-state index contributed by atoms with van der Waals surface area (Å²) < 4.78 is 6.31. The van der Waals surface area contributed by atoms with E-state index in [9.17, 15) is 0 Å². The minimum absolute atomic E-state index is 0.543. The van der Waals surface area contributed by atoms with E-state index in [1.807, 2.05) is 7.11 Å². The molecule has 0 saturated heterocycles. The van der Waals surface area contributed by atoms with Crippen molar-refractivity contribution in [2.45, 2.75) is 105 Å². The molecule has 5 unspecified atom stereocenters. The second kappa shape index (κ2) is 7.61. The van der Waals surface area contributed by atoms with E-state index in [2.05, 4.69) is 53.7 Å². The van der Waals surface area contributed by atoms with Gasteiger partial charge in [0, 0.05) is 12.5 Å². The molecular formula is C30H50O. The molecule has 1 spiro atoms. The smallest absolute Gasteiger partial charge is 0.0638 e. The van der Waals surface area contributed by atoms with Gasteiger partial charge in [0.1, 0.15) is 0 Å². The van der Waals surface area contributed by atoms with Crippen LogP contribution in [0.15, 0.2) is 12.2 Å². The van der Waals surface area contributed by atoms with E-state index >= 15 is 0 Å². The fraction of sp³-hybridized carbons (Fsp3) is 0.933. The quantitative estimate of drug-likeness (QED) is 0.389. The van der Waals surface area contributed by atoms with Gasteiger partial charge in [-0.2, -0.15) is 0 Å². The second-order valence-electron chi connectivity index (χ2n) is 13.5. The van der Waals surface area contributed by atoms with Gasteiger partial charge in [-0.3, -0.25) is 0 Å². The molecule has 0 heterocycles. The van der Waals surface area contributed by atoms with Gasteiger partial charge in [-0.1, -0.05) is 53.7 Å². The van der Waals surface area contributed by atoms with Crippen molar-refractivity contribution >= 4 is 0 Å². The first kappa shape index (κ1) is 22.5. The summed E-state index contributed by atoms with van der Waals surface area (Å²) >= 11 is 0. The zero-order valence-electron chi connectivity index (χ0n) is 21.6. The van der Waals surface area contributed by atoms with Crippen LogP contribution in [0.4, 0.5) is 0 Å². The predicted molar refractivity (Wildman–Crippen MR) is 131 cm³/mol. The fourth-order valence-electron chi connectivity index (χ4n) is 10.8. The van der Waals surface area contributed by atoms with Crippen molar-refractivity contribution in [2.24, 2.45) is 63.6 Å². The third-order valence-corrected chi connectivity index (χ3v) is 12.5. The van der Waals surface area contributed by atoms with Crippen molar-refractivity contribution in [3.8, 4) is 0 Å². The third-order valence-electron chi connectivity index (χ3n) is 12.5. The molecule has 11 atom stereocenters. The van der Waals surface area contributed by atoms with Crippen LogP contribution in [0.5, 0.6) is 0 Å². The highest BCUT2D eigenvalue weighted by atomic mass is 16.5. The van der Waals surface area contributed by atoms with Crippen LogP contribution in [0.1, 0.15) is 99.3 Å². The van der Waals surface area contributed by atoms with Crippen LogP contribution in [0, 0.1) is 63.6 Å². The summed E-state index contributed by atoms with van der Waals surface area (Å²) in [5.41, 5.74) is 1.68. The Morgan fingerprint density at radius 1 is 0.968 bits per heavy atom. The number of allylic oxidation sites excluding steroid dienone is 2.